The molecule has 202 valence electrons. The number of ether oxygens (including phenoxy) is 1. The Labute approximate surface area is 229 Å². The molecule has 2 N–H and O–H groups in total. The van der Waals surface area contributed by atoms with Gasteiger partial charge in [-0.3, -0.25) is 4.57 Å². The van der Waals surface area contributed by atoms with Crippen molar-refractivity contribution in [3.8, 4) is 39.6 Å². The third kappa shape index (κ3) is 4.08. The van der Waals surface area contributed by atoms with Gasteiger partial charge in [0.2, 0.25) is 5.88 Å². The number of phenolic OH excluding ortho intramolecular Hbond substituents is 1. The van der Waals surface area contributed by atoms with Gasteiger partial charge in [0.25, 0.3) is 0 Å². The first-order valence-electron chi connectivity index (χ1n) is 12.6. The van der Waals surface area contributed by atoms with E-state index in [9.17, 15) is 19.4 Å². The molecule has 2 aromatic carbocycles. The number of hydrogen-bond donors (Lipinski definition) is 2. The second kappa shape index (κ2) is 8.86. The molecule has 1 saturated heterocycles. The maximum Gasteiger partial charge on any atom is 0.332 e. The van der Waals surface area contributed by atoms with Crippen molar-refractivity contribution in [1.82, 2.24) is 14.1 Å². The summed E-state index contributed by atoms with van der Waals surface area (Å²) in [6.45, 7) is 2.94. The summed E-state index contributed by atoms with van der Waals surface area (Å²) in [5.74, 6) is -0.292. The first-order chi connectivity index (χ1) is 18.5. The Morgan fingerprint density at radius 3 is 2.36 bits per heavy atom. The molecular formula is C29H28ClFN4O4. The molecule has 0 amide bonds. The molecular weight excluding hydrogens is 523 g/mol. The lowest BCUT2D eigenvalue weighted by Crippen LogP contribution is -2.35. The molecule has 8 nitrogen and oxygen atoms in total. The summed E-state index contributed by atoms with van der Waals surface area (Å²) < 4.78 is 23.3. The van der Waals surface area contributed by atoms with Gasteiger partial charge in [0.15, 0.2) is 0 Å². The minimum absolute atomic E-state index is 0.137. The first-order valence-corrected chi connectivity index (χ1v) is 13.0. The fraction of sp³-hybridized carbons (Fsp3) is 0.310. The number of aliphatic hydroxyl groups is 1. The molecule has 39 heavy (non-hydrogen) atoms. The average molecular weight is 551 g/mol. The number of hydrogen-bond acceptors (Lipinski definition) is 6. The summed E-state index contributed by atoms with van der Waals surface area (Å²) in [5, 5.41) is 22.6. The Balaban J connectivity index is 1.41. The molecule has 10 heteroatoms. The van der Waals surface area contributed by atoms with Crippen LogP contribution in [0.3, 0.4) is 0 Å². The van der Waals surface area contributed by atoms with E-state index in [1.807, 2.05) is 11.8 Å². The first kappa shape index (κ1) is 25.5. The van der Waals surface area contributed by atoms with Gasteiger partial charge in [-0.05, 0) is 55.7 Å². The number of imidazole rings is 1. The number of β-amino-alcohol motifs (C(OH)–C–C–N with tert-alkyl or cyclic N) is 1. The lowest BCUT2D eigenvalue weighted by molar-refractivity contribution is 0.0244. The summed E-state index contributed by atoms with van der Waals surface area (Å²) in [5.41, 5.74) is 1.40. The van der Waals surface area contributed by atoms with E-state index in [1.165, 1.54) is 34.6 Å². The Morgan fingerprint density at radius 2 is 1.77 bits per heavy atom. The van der Waals surface area contributed by atoms with Gasteiger partial charge in [-0.15, -0.1) is 0 Å². The smallest absolute Gasteiger partial charge is 0.332 e. The summed E-state index contributed by atoms with van der Waals surface area (Å²) >= 11 is 6.53. The number of halogens is 2. The highest BCUT2D eigenvalue weighted by atomic mass is 35.5. The standard InChI is InChI=1S/C29H28ClFN4O4/c1-28(38)15-34(16-29(28)6-7-29)24-11-18(14-32-26(24)39-3)21-13-19(31)12-20(25(21)36)17-4-5-23(22(30)10-17)35-9-8-33(2)27(35)37/h4-5,8-14,36,38H,6-7,15-16H2,1-3H3/t28-/m0/s1. The molecule has 2 fully saturated rings. The lowest BCUT2D eigenvalue weighted by atomic mass is 9.90. The second-order valence-corrected chi connectivity index (χ2v) is 11.1. The van der Waals surface area contributed by atoms with Gasteiger partial charge in [0.1, 0.15) is 17.3 Å². The van der Waals surface area contributed by atoms with E-state index in [-0.39, 0.29) is 33.0 Å². The predicted octanol–water partition coefficient (Wildman–Crippen LogP) is 4.76. The zero-order chi connectivity index (χ0) is 27.7. The molecule has 4 aromatic rings. The van der Waals surface area contributed by atoms with E-state index >= 15 is 0 Å². The zero-order valence-corrected chi connectivity index (χ0v) is 22.5. The van der Waals surface area contributed by atoms with Crippen LogP contribution in [0.25, 0.3) is 27.9 Å². The van der Waals surface area contributed by atoms with Crippen LogP contribution in [-0.4, -0.2) is 50.1 Å². The number of benzene rings is 2. The zero-order valence-electron chi connectivity index (χ0n) is 21.8. The molecule has 0 radical (unpaired) electrons. The van der Waals surface area contributed by atoms with Crippen LogP contribution in [0.2, 0.25) is 5.02 Å². The number of nitrogens with zero attached hydrogens (tertiary/aromatic N) is 4. The number of aromatic nitrogens is 3. The number of aryl methyl sites for hydroxylation is 1. The SMILES string of the molecule is COc1ncc(-c2cc(F)cc(-c3ccc(-n4ccn(C)c4=O)c(Cl)c3)c2O)cc1N1CC2(CC2)[C@@](C)(O)C1. The highest BCUT2D eigenvalue weighted by Gasteiger charge is 2.61. The molecule has 1 aliphatic heterocycles. The van der Waals surface area contributed by atoms with E-state index in [1.54, 1.807) is 43.7 Å². The quantitative estimate of drug-likeness (QED) is 0.372. The van der Waals surface area contributed by atoms with Crippen molar-refractivity contribution in [2.75, 3.05) is 25.1 Å². The molecule has 6 rings (SSSR count). The molecule has 1 aliphatic carbocycles. The summed E-state index contributed by atoms with van der Waals surface area (Å²) in [6.07, 6.45) is 6.68. The van der Waals surface area contributed by atoms with Gasteiger partial charge in [0, 0.05) is 60.8 Å². The van der Waals surface area contributed by atoms with Gasteiger partial charge in [-0.2, -0.15) is 0 Å². The molecule has 1 atom stereocenters. The maximum absolute atomic E-state index is 15.0. The minimum atomic E-state index is -0.835. The van der Waals surface area contributed by atoms with Crippen LogP contribution >= 0.6 is 11.6 Å². The van der Waals surface area contributed by atoms with Crippen molar-refractivity contribution in [3.05, 3.63) is 76.3 Å². The number of anilines is 1. The third-order valence-electron chi connectivity index (χ3n) is 8.21. The summed E-state index contributed by atoms with van der Waals surface area (Å²) in [6, 6.07) is 9.23. The van der Waals surface area contributed by atoms with Crippen LogP contribution < -0.4 is 15.3 Å². The largest absolute Gasteiger partial charge is 0.507 e. The van der Waals surface area contributed by atoms with Gasteiger partial charge >= 0.3 is 5.69 Å². The van der Waals surface area contributed by atoms with Crippen molar-refractivity contribution in [2.24, 2.45) is 12.5 Å². The van der Waals surface area contributed by atoms with Crippen LogP contribution in [0.5, 0.6) is 11.6 Å². The number of rotatable bonds is 5. The highest BCUT2D eigenvalue weighted by molar-refractivity contribution is 6.32. The monoisotopic (exact) mass is 550 g/mol. The molecule has 2 aromatic heterocycles. The lowest BCUT2D eigenvalue weighted by Gasteiger charge is -2.24. The van der Waals surface area contributed by atoms with Crippen molar-refractivity contribution in [1.29, 1.82) is 0 Å². The van der Waals surface area contributed by atoms with E-state index in [2.05, 4.69) is 4.98 Å². The van der Waals surface area contributed by atoms with Crippen LogP contribution in [0.15, 0.2) is 59.8 Å². The Hall–Kier alpha value is -3.82. The van der Waals surface area contributed by atoms with Crippen molar-refractivity contribution < 1.29 is 19.3 Å². The van der Waals surface area contributed by atoms with E-state index in [0.29, 0.717) is 41.5 Å². The molecule has 2 aliphatic rings. The average Bonchev–Trinajstić information content (AvgIpc) is 3.56. The normalized spacial score (nSPS) is 19.6. The predicted molar refractivity (Wildman–Crippen MR) is 147 cm³/mol. The van der Waals surface area contributed by atoms with Crippen molar-refractivity contribution in [3.63, 3.8) is 0 Å². The topological polar surface area (TPSA) is 92.8 Å². The Bertz CT molecular complexity index is 1670. The molecule has 3 heterocycles. The fourth-order valence-electron chi connectivity index (χ4n) is 5.68. The van der Waals surface area contributed by atoms with E-state index in [0.717, 1.165) is 12.8 Å². The van der Waals surface area contributed by atoms with E-state index < -0.39 is 11.4 Å². The van der Waals surface area contributed by atoms with Crippen LogP contribution in [0, 0.1) is 11.2 Å². The molecule has 1 spiro atoms. The van der Waals surface area contributed by atoms with Crippen LogP contribution in [0.1, 0.15) is 19.8 Å². The number of phenols is 1. The minimum Gasteiger partial charge on any atom is -0.507 e. The Morgan fingerprint density at radius 1 is 1.05 bits per heavy atom. The highest BCUT2D eigenvalue weighted by Crippen LogP contribution is 2.59. The van der Waals surface area contributed by atoms with Crippen LogP contribution in [0.4, 0.5) is 10.1 Å². The summed E-state index contributed by atoms with van der Waals surface area (Å²) in [4.78, 5) is 18.9. The second-order valence-electron chi connectivity index (χ2n) is 10.7. The third-order valence-corrected chi connectivity index (χ3v) is 8.51. The van der Waals surface area contributed by atoms with Crippen molar-refractivity contribution in [2.45, 2.75) is 25.4 Å². The fourth-order valence-corrected chi connectivity index (χ4v) is 5.95. The van der Waals surface area contributed by atoms with Gasteiger partial charge in [-0.25, -0.2) is 14.2 Å². The van der Waals surface area contributed by atoms with Crippen LogP contribution in [-0.2, 0) is 7.05 Å². The molecule has 0 unspecified atom stereocenters. The van der Waals surface area contributed by atoms with Gasteiger partial charge < -0.3 is 24.4 Å². The van der Waals surface area contributed by atoms with E-state index in [4.69, 9.17) is 16.3 Å². The number of pyridine rings is 1. The van der Waals surface area contributed by atoms with Gasteiger partial charge in [-0.1, -0.05) is 17.7 Å². The maximum atomic E-state index is 15.0. The van der Waals surface area contributed by atoms with Crippen molar-refractivity contribution >= 4 is 17.3 Å². The Kier molecular flexibility index (Phi) is 5.78. The molecule has 0 bridgehead atoms. The molecule has 1 saturated carbocycles. The van der Waals surface area contributed by atoms with Gasteiger partial charge in [0.05, 0.1) is 23.4 Å². The summed E-state index contributed by atoms with van der Waals surface area (Å²) in [7, 11) is 3.17. The number of aromatic hydroxyl groups is 1. The number of methoxy groups -OCH3 is 1.